The van der Waals surface area contributed by atoms with E-state index in [1.54, 1.807) is 6.20 Å². The molecule has 1 aliphatic heterocycles. The zero-order chi connectivity index (χ0) is 25.6. The summed E-state index contributed by atoms with van der Waals surface area (Å²) in [5.41, 5.74) is 6.62. The second kappa shape index (κ2) is 9.45. The zero-order valence-corrected chi connectivity index (χ0v) is 22.0. The quantitative estimate of drug-likeness (QED) is 0.366. The molecule has 2 N–H and O–H groups in total. The number of carbonyl (C=O) groups is 1. The van der Waals surface area contributed by atoms with Crippen LogP contribution in [0.15, 0.2) is 55.1 Å². The van der Waals surface area contributed by atoms with Gasteiger partial charge in [-0.15, -0.1) is 0 Å². The van der Waals surface area contributed by atoms with E-state index in [4.69, 9.17) is 0 Å². The van der Waals surface area contributed by atoms with Crippen molar-refractivity contribution in [3.8, 4) is 0 Å². The highest BCUT2D eigenvalue weighted by atomic mass is 16.1. The predicted octanol–water partition coefficient (Wildman–Crippen LogP) is 5.57. The van der Waals surface area contributed by atoms with Gasteiger partial charge < -0.3 is 9.72 Å². The van der Waals surface area contributed by atoms with E-state index in [1.807, 2.05) is 35.0 Å². The normalized spacial score (nSPS) is 24.2. The summed E-state index contributed by atoms with van der Waals surface area (Å²) >= 11 is 0. The smallest absolute Gasteiger partial charge is 0.259 e. The molecule has 3 aromatic heterocycles. The number of likely N-dealkylation sites (tertiary alicyclic amines) is 1. The topological polar surface area (TPSA) is 78.3 Å². The van der Waals surface area contributed by atoms with Crippen molar-refractivity contribution < 1.29 is 4.79 Å². The van der Waals surface area contributed by atoms with Crippen molar-refractivity contribution in [3.05, 3.63) is 83.1 Å². The molecule has 0 spiro atoms. The van der Waals surface area contributed by atoms with Crippen LogP contribution in [0.1, 0.15) is 72.3 Å². The van der Waals surface area contributed by atoms with E-state index in [-0.39, 0.29) is 11.3 Å². The molecule has 1 amide bonds. The van der Waals surface area contributed by atoms with Crippen LogP contribution in [0, 0.1) is 18.8 Å². The van der Waals surface area contributed by atoms with E-state index in [0.29, 0.717) is 23.0 Å². The number of rotatable bonds is 6. The van der Waals surface area contributed by atoms with Crippen molar-refractivity contribution in [2.45, 2.75) is 58.4 Å². The predicted molar refractivity (Wildman–Crippen MR) is 146 cm³/mol. The lowest BCUT2D eigenvalue weighted by atomic mass is 9.57. The van der Waals surface area contributed by atoms with Crippen LogP contribution in [0.25, 0.3) is 5.65 Å². The number of aromatic amines is 1. The minimum atomic E-state index is -0.130. The van der Waals surface area contributed by atoms with Gasteiger partial charge in [-0.1, -0.05) is 26.0 Å². The number of hydrogen-bond donors (Lipinski definition) is 2. The Labute approximate surface area is 218 Å². The summed E-state index contributed by atoms with van der Waals surface area (Å²) in [6, 6.07) is 10.3. The van der Waals surface area contributed by atoms with Crippen LogP contribution in [0.2, 0.25) is 0 Å². The Bertz CT molecular complexity index is 1430. The third-order valence-corrected chi connectivity index (χ3v) is 8.29. The number of anilines is 1. The molecule has 1 saturated carbocycles. The highest BCUT2D eigenvalue weighted by molar-refractivity contribution is 6.08. The van der Waals surface area contributed by atoms with E-state index in [2.05, 4.69) is 64.5 Å². The molecular weight excluding hydrogens is 460 g/mol. The summed E-state index contributed by atoms with van der Waals surface area (Å²) in [5, 5.41) is 10.8. The number of amides is 1. The molecule has 0 bridgehead atoms. The Morgan fingerprint density at radius 2 is 2.08 bits per heavy atom. The van der Waals surface area contributed by atoms with E-state index < -0.39 is 0 Å². The van der Waals surface area contributed by atoms with Crippen LogP contribution in [0.3, 0.4) is 0 Å². The Morgan fingerprint density at radius 3 is 2.84 bits per heavy atom. The molecule has 4 heterocycles. The molecular formula is C30H36N6O. The Kier molecular flexibility index (Phi) is 6.11. The standard InChI is InChI=1S/C30H36N6O/c1-20-6-5-10-35(17-20)18-23-12-26(28-31-9-11-36(28)19-23)29(37)33-25-8-4-7-24(13-25)30(14-21(2)15-30)27-22(3)16-32-34-27/h4,7-9,11-13,16,19-21H,5-6,10,14-15,17-18H2,1-3H3,(H,32,34)(H,33,37)/t20-,21?,30?/m0/s1. The fourth-order valence-corrected chi connectivity index (χ4v) is 6.66. The number of piperidine rings is 1. The van der Waals surface area contributed by atoms with Crippen molar-refractivity contribution in [2.75, 3.05) is 18.4 Å². The van der Waals surface area contributed by atoms with Gasteiger partial charge in [-0.05, 0) is 85.9 Å². The lowest BCUT2D eigenvalue weighted by Gasteiger charge is -2.46. The molecule has 2 aliphatic rings. The second-order valence-corrected chi connectivity index (χ2v) is 11.4. The number of nitrogens with one attached hydrogen (secondary N) is 2. The summed E-state index contributed by atoms with van der Waals surface area (Å²) in [4.78, 5) is 20.6. The highest BCUT2D eigenvalue weighted by Crippen LogP contribution is 2.52. The van der Waals surface area contributed by atoms with Gasteiger partial charge in [-0.2, -0.15) is 5.10 Å². The molecule has 37 heavy (non-hydrogen) atoms. The number of carbonyl (C=O) groups excluding carboxylic acids is 1. The first kappa shape index (κ1) is 23.9. The molecule has 0 radical (unpaired) electrons. The second-order valence-electron chi connectivity index (χ2n) is 11.4. The molecule has 1 aliphatic carbocycles. The monoisotopic (exact) mass is 496 g/mol. The van der Waals surface area contributed by atoms with Gasteiger partial charge in [0.15, 0.2) is 0 Å². The van der Waals surface area contributed by atoms with Crippen LogP contribution < -0.4 is 5.32 Å². The number of imidazole rings is 1. The van der Waals surface area contributed by atoms with Gasteiger partial charge in [-0.3, -0.25) is 14.8 Å². The first-order valence-corrected chi connectivity index (χ1v) is 13.5. The number of nitrogens with zero attached hydrogens (tertiary/aromatic N) is 4. The third-order valence-electron chi connectivity index (χ3n) is 8.29. The van der Waals surface area contributed by atoms with Gasteiger partial charge in [0, 0.05) is 49.0 Å². The number of aromatic nitrogens is 4. The minimum absolute atomic E-state index is 0.105. The SMILES string of the molecule is Cc1c[nH]nc1C1(c2cccc(NC(=O)c3cc(CN4CCC[C@H](C)C4)cn4ccnc34)c2)CC(C)C1. The van der Waals surface area contributed by atoms with Crippen LogP contribution in [-0.4, -0.2) is 43.5 Å². The molecule has 192 valence electrons. The highest BCUT2D eigenvalue weighted by Gasteiger charge is 2.47. The maximum atomic E-state index is 13.6. The largest absolute Gasteiger partial charge is 0.322 e. The number of aryl methyl sites for hydroxylation is 1. The number of fused-ring (bicyclic) bond motifs is 1. The average molecular weight is 497 g/mol. The fraction of sp³-hybridized carbons (Fsp3) is 0.433. The maximum Gasteiger partial charge on any atom is 0.259 e. The van der Waals surface area contributed by atoms with Crippen LogP contribution in [0.5, 0.6) is 0 Å². The van der Waals surface area contributed by atoms with Gasteiger partial charge in [-0.25, -0.2) is 4.98 Å². The summed E-state index contributed by atoms with van der Waals surface area (Å²) in [5.74, 6) is 1.23. The van der Waals surface area contributed by atoms with Crippen molar-refractivity contribution in [3.63, 3.8) is 0 Å². The number of H-pyrrole nitrogens is 1. The van der Waals surface area contributed by atoms with Crippen molar-refractivity contribution in [1.29, 1.82) is 0 Å². The van der Waals surface area contributed by atoms with E-state index in [0.717, 1.165) is 49.4 Å². The number of benzene rings is 1. The molecule has 1 atom stereocenters. The number of hydrogen-bond acceptors (Lipinski definition) is 4. The van der Waals surface area contributed by atoms with Gasteiger partial charge in [0.2, 0.25) is 0 Å². The maximum absolute atomic E-state index is 13.6. The van der Waals surface area contributed by atoms with Crippen molar-refractivity contribution in [2.24, 2.45) is 11.8 Å². The first-order valence-electron chi connectivity index (χ1n) is 13.5. The fourth-order valence-electron chi connectivity index (χ4n) is 6.66. The van der Waals surface area contributed by atoms with Crippen molar-refractivity contribution >= 4 is 17.2 Å². The average Bonchev–Trinajstić information content (AvgIpc) is 3.50. The number of pyridine rings is 1. The molecule has 4 aromatic rings. The molecule has 7 nitrogen and oxygen atoms in total. The summed E-state index contributed by atoms with van der Waals surface area (Å²) in [6.07, 6.45) is 12.4. The first-order chi connectivity index (χ1) is 17.9. The molecule has 7 heteroatoms. The lowest BCUT2D eigenvalue weighted by Crippen LogP contribution is -2.42. The van der Waals surface area contributed by atoms with Crippen LogP contribution in [-0.2, 0) is 12.0 Å². The van der Waals surface area contributed by atoms with Gasteiger partial charge in [0.05, 0.1) is 11.3 Å². The minimum Gasteiger partial charge on any atom is -0.322 e. The molecule has 6 rings (SSSR count). The Balaban J connectivity index is 1.28. The Morgan fingerprint density at radius 1 is 1.22 bits per heavy atom. The summed E-state index contributed by atoms with van der Waals surface area (Å²) < 4.78 is 1.97. The van der Waals surface area contributed by atoms with E-state index in [9.17, 15) is 4.79 Å². The third kappa shape index (κ3) is 4.46. The molecule has 2 fully saturated rings. The Hall–Kier alpha value is -3.45. The van der Waals surface area contributed by atoms with E-state index >= 15 is 0 Å². The zero-order valence-electron chi connectivity index (χ0n) is 22.0. The van der Waals surface area contributed by atoms with Crippen LogP contribution >= 0.6 is 0 Å². The molecule has 1 saturated heterocycles. The molecule has 1 aromatic carbocycles. The van der Waals surface area contributed by atoms with E-state index in [1.165, 1.54) is 24.0 Å². The molecule has 0 unspecified atom stereocenters. The van der Waals surface area contributed by atoms with Crippen LogP contribution in [0.4, 0.5) is 5.69 Å². The summed E-state index contributed by atoms with van der Waals surface area (Å²) in [6.45, 7) is 9.78. The lowest BCUT2D eigenvalue weighted by molar-refractivity contribution is 0.102. The van der Waals surface area contributed by atoms with Gasteiger partial charge in [0.1, 0.15) is 5.65 Å². The van der Waals surface area contributed by atoms with Gasteiger partial charge >= 0.3 is 0 Å². The summed E-state index contributed by atoms with van der Waals surface area (Å²) in [7, 11) is 0. The van der Waals surface area contributed by atoms with Gasteiger partial charge in [0.25, 0.3) is 5.91 Å². The van der Waals surface area contributed by atoms with Crippen molar-refractivity contribution in [1.82, 2.24) is 24.5 Å².